The van der Waals surface area contributed by atoms with E-state index in [0.29, 0.717) is 11.5 Å². The molecule has 20 heavy (non-hydrogen) atoms. The van der Waals surface area contributed by atoms with E-state index < -0.39 is 11.7 Å². The second-order valence-corrected chi connectivity index (χ2v) is 4.42. The standard InChI is InChI=1S/C14H14FN3O2/c1-8-10(14(20)17-9(2)16-8)7-13(19)18-12-6-4-3-5-11(12)15/h3-6H,7H2,1-2H3,(H,18,19)(H,16,17,20). The molecular formula is C14H14FN3O2. The zero-order chi connectivity index (χ0) is 14.7. The van der Waals surface area contributed by atoms with E-state index in [2.05, 4.69) is 15.3 Å². The predicted molar refractivity (Wildman–Crippen MR) is 73.1 cm³/mol. The second kappa shape index (κ2) is 5.64. The highest BCUT2D eigenvalue weighted by Crippen LogP contribution is 2.12. The monoisotopic (exact) mass is 275 g/mol. The predicted octanol–water partition coefficient (Wildman–Crippen LogP) is 1.71. The zero-order valence-corrected chi connectivity index (χ0v) is 11.2. The summed E-state index contributed by atoms with van der Waals surface area (Å²) in [6.07, 6.45) is -0.150. The normalized spacial score (nSPS) is 10.3. The van der Waals surface area contributed by atoms with Gasteiger partial charge in [0.1, 0.15) is 11.6 Å². The SMILES string of the molecule is Cc1nc(C)c(CC(=O)Nc2ccccc2F)c(=O)[nH]1. The molecule has 1 aromatic heterocycles. The van der Waals surface area contributed by atoms with Gasteiger partial charge < -0.3 is 10.3 Å². The maximum Gasteiger partial charge on any atom is 0.254 e. The van der Waals surface area contributed by atoms with Gasteiger partial charge in [-0.1, -0.05) is 12.1 Å². The number of hydrogen-bond acceptors (Lipinski definition) is 3. The Balaban J connectivity index is 2.17. The van der Waals surface area contributed by atoms with E-state index in [1.165, 1.54) is 18.2 Å². The summed E-state index contributed by atoms with van der Waals surface area (Å²) >= 11 is 0. The van der Waals surface area contributed by atoms with E-state index in [0.717, 1.165) is 0 Å². The van der Waals surface area contributed by atoms with Crippen molar-refractivity contribution in [3.8, 4) is 0 Å². The Kier molecular flexibility index (Phi) is 3.93. The number of H-pyrrole nitrogens is 1. The minimum absolute atomic E-state index is 0.0895. The second-order valence-electron chi connectivity index (χ2n) is 4.42. The van der Waals surface area contributed by atoms with Crippen molar-refractivity contribution in [2.75, 3.05) is 5.32 Å². The van der Waals surface area contributed by atoms with Gasteiger partial charge in [-0.25, -0.2) is 9.37 Å². The topological polar surface area (TPSA) is 74.8 Å². The summed E-state index contributed by atoms with van der Waals surface area (Å²) in [4.78, 5) is 30.3. The third kappa shape index (κ3) is 3.09. The lowest BCUT2D eigenvalue weighted by atomic mass is 10.1. The molecule has 0 unspecified atom stereocenters. The molecule has 0 saturated heterocycles. The molecule has 1 heterocycles. The van der Waals surface area contributed by atoms with Crippen LogP contribution >= 0.6 is 0 Å². The van der Waals surface area contributed by atoms with Gasteiger partial charge in [0.15, 0.2) is 0 Å². The van der Waals surface area contributed by atoms with Crippen LogP contribution in [-0.2, 0) is 11.2 Å². The molecule has 0 fully saturated rings. The number of benzene rings is 1. The maximum atomic E-state index is 13.4. The number of aryl methyl sites for hydroxylation is 2. The summed E-state index contributed by atoms with van der Waals surface area (Å²) in [5.74, 6) is -0.492. The summed E-state index contributed by atoms with van der Waals surface area (Å²) in [6.45, 7) is 3.32. The molecule has 1 aromatic carbocycles. The van der Waals surface area contributed by atoms with E-state index in [-0.39, 0.29) is 23.2 Å². The fourth-order valence-electron chi connectivity index (χ4n) is 1.88. The van der Waals surface area contributed by atoms with E-state index in [1.54, 1.807) is 19.9 Å². The van der Waals surface area contributed by atoms with Crippen molar-refractivity contribution in [2.24, 2.45) is 0 Å². The first kappa shape index (κ1) is 13.9. The van der Waals surface area contributed by atoms with Crippen LogP contribution in [0.1, 0.15) is 17.1 Å². The highest BCUT2D eigenvalue weighted by atomic mass is 19.1. The fourth-order valence-corrected chi connectivity index (χ4v) is 1.88. The lowest BCUT2D eigenvalue weighted by Crippen LogP contribution is -2.24. The summed E-state index contributed by atoms with van der Waals surface area (Å²) in [7, 11) is 0. The van der Waals surface area contributed by atoms with Crippen molar-refractivity contribution in [3.05, 3.63) is 57.5 Å². The lowest BCUT2D eigenvalue weighted by molar-refractivity contribution is -0.115. The van der Waals surface area contributed by atoms with Crippen LogP contribution in [0.4, 0.5) is 10.1 Å². The quantitative estimate of drug-likeness (QED) is 0.895. The van der Waals surface area contributed by atoms with E-state index >= 15 is 0 Å². The highest BCUT2D eigenvalue weighted by Gasteiger charge is 2.13. The Bertz CT molecular complexity index is 710. The van der Waals surface area contributed by atoms with Crippen LogP contribution in [0.5, 0.6) is 0 Å². The van der Waals surface area contributed by atoms with Crippen LogP contribution in [0.15, 0.2) is 29.1 Å². The molecule has 0 aliphatic rings. The molecule has 2 rings (SSSR count). The lowest BCUT2D eigenvalue weighted by Gasteiger charge is -2.07. The van der Waals surface area contributed by atoms with Gasteiger partial charge in [-0.05, 0) is 26.0 Å². The Morgan fingerprint density at radius 3 is 2.70 bits per heavy atom. The zero-order valence-electron chi connectivity index (χ0n) is 11.2. The van der Waals surface area contributed by atoms with Crippen LogP contribution in [0, 0.1) is 19.7 Å². The number of nitrogens with one attached hydrogen (secondary N) is 2. The summed E-state index contributed by atoms with van der Waals surface area (Å²) in [5, 5.41) is 2.43. The van der Waals surface area contributed by atoms with E-state index in [1.807, 2.05) is 0 Å². The Labute approximate surface area is 114 Å². The molecule has 0 spiro atoms. The number of rotatable bonds is 3. The first-order valence-electron chi connectivity index (χ1n) is 6.08. The Hall–Kier alpha value is -2.50. The average molecular weight is 275 g/mol. The van der Waals surface area contributed by atoms with Gasteiger partial charge in [-0.2, -0.15) is 0 Å². The van der Waals surface area contributed by atoms with Gasteiger partial charge in [0.25, 0.3) is 5.56 Å². The molecule has 0 aliphatic heterocycles. The summed E-state index contributed by atoms with van der Waals surface area (Å²) in [5.41, 5.74) is 0.518. The molecule has 0 radical (unpaired) electrons. The third-order valence-electron chi connectivity index (χ3n) is 2.83. The van der Waals surface area contributed by atoms with Crippen LogP contribution in [0.3, 0.4) is 0 Å². The van der Waals surface area contributed by atoms with Gasteiger partial charge in [-0.15, -0.1) is 0 Å². The van der Waals surface area contributed by atoms with Crippen molar-refractivity contribution in [3.63, 3.8) is 0 Å². The maximum absolute atomic E-state index is 13.4. The third-order valence-corrected chi connectivity index (χ3v) is 2.83. The minimum Gasteiger partial charge on any atom is -0.323 e. The molecule has 6 heteroatoms. The van der Waals surface area contributed by atoms with Crippen molar-refractivity contribution in [1.29, 1.82) is 0 Å². The molecule has 0 aliphatic carbocycles. The fraction of sp³-hybridized carbons (Fsp3) is 0.214. The number of aromatic amines is 1. The molecule has 1 amide bonds. The number of halogens is 1. The van der Waals surface area contributed by atoms with Gasteiger partial charge in [0.05, 0.1) is 12.1 Å². The number of aromatic nitrogens is 2. The van der Waals surface area contributed by atoms with Crippen molar-refractivity contribution in [2.45, 2.75) is 20.3 Å². The number of carbonyl (C=O) groups is 1. The molecule has 104 valence electrons. The number of para-hydroxylation sites is 1. The van der Waals surface area contributed by atoms with Gasteiger partial charge in [0.2, 0.25) is 5.91 Å². The summed E-state index contributed by atoms with van der Waals surface area (Å²) in [6, 6.07) is 5.85. The molecule has 5 nitrogen and oxygen atoms in total. The van der Waals surface area contributed by atoms with Crippen molar-refractivity contribution in [1.82, 2.24) is 9.97 Å². The first-order valence-corrected chi connectivity index (χ1v) is 6.08. The molecule has 0 bridgehead atoms. The first-order chi connectivity index (χ1) is 9.47. The van der Waals surface area contributed by atoms with Crippen LogP contribution in [0.25, 0.3) is 0 Å². The van der Waals surface area contributed by atoms with Crippen molar-refractivity contribution >= 4 is 11.6 Å². The smallest absolute Gasteiger partial charge is 0.254 e. The van der Waals surface area contributed by atoms with Crippen molar-refractivity contribution < 1.29 is 9.18 Å². The number of nitrogens with zero attached hydrogens (tertiary/aromatic N) is 1. The largest absolute Gasteiger partial charge is 0.323 e. The molecule has 2 N–H and O–H groups in total. The molecule has 0 atom stereocenters. The van der Waals surface area contributed by atoms with Gasteiger partial charge in [-0.3, -0.25) is 9.59 Å². The minimum atomic E-state index is -0.520. The molecule has 2 aromatic rings. The number of hydrogen-bond donors (Lipinski definition) is 2. The highest BCUT2D eigenvalue weighted by molar-refractivity contribution is 5.92. The number of carbonyl (C=O) groups excluding carboxylic acids is 1. The summed E-state index contributed by atoms with van der Waals surface area (Å²) < 4.78 is 13.4. The van der Waals surface area contributed by atoms with Gasteiger partial charge in [0, 0.05) is 11.3 Å². The van der Waals surface area contributed by atoms with Crippen LogP contribution < -0.4 is 10.9 Å². The van der Waals surface area contributed by atoms with Crippen LogP contribution in [-0.4, -0.2) is 15.9 Å². The molecular weight excluding hydrogens is 261 g/mol. The molecule has 0 saturated carbocycles. The van der Waals surface area contributed by atoms with Crippen LogP contribution in [0.2, 0.25) is 0 Å². The van der Waals surface area contributed by atoms with Gasteiger partial charge >= 0.3 is 0 Å². The Morgan fingerprint density at radius 2 is 2.05 bits per heavy atom. The Morgan fingerprint density at radius 1 is 1.35 bits per heavy atom. The number of anilines is 1. The van der Waals surface area contributed by atoms with E-state index in [9.17, 15) is 14.0 Å². The average Bonchev–Trinajstić information content (AvgIpc) is 2.36. The van der Waals surface area contributed by atoms with E-state index in [4.69, 9.17) is 0 Å². The number of amides is 1.